The van der Waals surface area contributed by atoms with Gasteiger partial charge in [-0.2, -0.15) is 0 Å². The summed E-state index contributed by atoms with van der Waals surface area (Å²) in [7, 11) is 0. The Morgan fingerprint density at radius 3 is 2.34 bits per heavy atom. The third-order valence-electron chi connectivity index (χ3n) is 6.52. The Labute approximate surface area is 206 Å². The van der Waals surface area contributed by atoms with Crippen molar-refractivity contribution < 1.29 is 24.2 Å². The molecule has 3 aromatic rings. The molecule has 0 unspecified atom stereocenters. The molecular weight excluding hydrogens is 466 g/mol. The second-order valence-corrected chi connectivity index (χ2v) is 9.80. The van der Waals surface area contributed by atoms with Crippen molar-refractivity contribution in [1.82, 2.24) is 15.6 Å². The highest BCUT2D eigenvalue weighted by molar-refractivity contribution is 7.09. The Bertz CT molecular complexity index is 1220. The standard InChI is InChI=1S/C26H25N3O5S/c30-24(31)11-17-14-35-23(28-17)12-27-25(32)15-9-16(10-15)29-26(33)34-13-22-20-7-3-1-5-18(20)19-6-2-4-8-21(19)22/h1-8,14-16,22H,9-13H2,(H,27,32)(H,29,33)(H,30,31). The molecule has 1 saturated carbocycles. The highest BCUT2D eigenvalue weighted by Gasteiger charge is 2.36. The summed E-state index contributed by atoms with van der Waals surface area (Å²) in [4.78, 5) is 39.7. The quantitative estimate of drug-likeness (QED) is 0.442. The van der Waals surface area contributed by atoms with Gasteiger partial charge < -0.3 is 20.5 Å². The molecule has 2 amide bonds. The summed E-state index contributed by atoms with van der Waals surface area (Å²) in [6, 6.07) is 16.3. The number of amides is 2. The molecule has 0 saturated heterocycles. The smallest absolute Gasteiger partial charge is 0.407 e. The van der Waals surface area contributed by atoms with Crippen LogP contribution in [0.3, 0.4) is 0 Å². The van der Waals surface area contributed by atoms with Gasteiger partial charge in [-0.25, -0.2) is 9.78 Å². The molecule has 1 aromatic heterocycles. The van der Waals surface area contributed by atoms with Crippen molar-refractivity contribution in [2.75, 3.05) is 6.61 Å². The number of aliphatic carboxylic acids is 1. The molecule has 3 N–H and O–H groups in total. The van der Waals surface area contributed by atoms with E-state index in [2.05, 4.69) is 39.9 Å². The van der Waals surface area contributed by atoms with Gasteiger partial charge in [0, 0.05) is 23.3 Å². The number of carbonyl (C=O) groups is 3. The zero-order chi connectivity index (χ0) is 24.4. The summed E-state index contributed by atoms with van der Waals surface area (Å²) >= 11 is 1.32. The average molecular weight is 492 g/mol. The lowest BCUT2D eigenvalue weighted by atomic mass is 9.79. The number of aromatic nitrogens is 1. The van der Waals surface area contributed by atoms with E-state index in [4.69, 9.17) is 9.84 Å². The van der Waals surface area contributed by atoms with E-state index in [1.165, 1.54) is 22.5 Å². The normalized spacial score (nSPS) is 18.2. The minimum atomic E-state index is -0.935. The first-order valence-corrected chi connectivity index (χ1v) is 12.4. The highest BCUT2D eigenvalue weighted by atomic mass is 32.1. The number of alkyl carbamates (subject to hydrolysis) is 1. The molecule has 2 aliphatic rings. The van der Waals surface area contributed by atoms with Gasteiger partial charge in [-0.15, -0.1) is 11.3 Å². The van der Waals surface area contributed by atoms with E-state index in [9.17, 15) is 14.4 Å². The number of nitrogens with one attached hydrogen (secondary N) is 2. The van der Waals surface area contributed by atoms with E-state index in [0.717, 1.165) is 11.1 Å². The van der Waals surface area contributed by atoms with Crippen molar-refractivity contribution in [2.24, 2.45) is 5.92 Å². The van der Waals surface area contributed by atoms with Crippen LogP contribution in [0.1, 0.15) is 40.6 Å². The second kappa shape index (κ2) is 9.87. The third kappa shape index (κ3) is 5.05. The maximum absolute atomic E-state index is 12.4. The second-order valence-electron chi connectivity index (χ2n) is 8.86. The van der Waals surface area contributed by atoms with Crippen LogP contribution in [0.4, 0.5) is 4.79 Å². The van der Waals surface area contributed by atoms with Gasteiger partial charge in [-0.3, -0.25) is 9.59 Å². The van der Waals surface area contributed by atoms with Gasteiger partial charge in [-0.05, 0) is 35.1 Å². The van der Waals surface area contributed by atoms with Crippen LogP contribution in [-0.4, -0.2) is 40.7 Å². The number of hydrogen-bond donors (Lipinski definition) is 3. The van der Waals surface area contributed by atoms with Gasteiger partial charge in [0.15, 0.2) is 0 Å². The number of benzene rings is 2. The van der Waals surface area contributed by atoms with Gasteiger partial charge in [0.05, 0.1) is 18.7 Å². The molecule has 2 aliphatic carbocycles. The van der Waals surface area contributed by atoms with Crippen LogP contribution >= 0.6 is 11.3 Å². The van der Waals surface area contributed by atoms with Crippen molar-refractivity contribution in [3.8, 4) is 11.1 Å². The van der Waals surface area contributed by atoms with Crippen molar-refractivity contribution in [3.63, 3.8) is 0 Å². The number of carbonyl (C=O) groups excluding carboxylic acids is 2. The predicted octanol–water partition coefficient (Wildman–Crippen LogP) is 3.70. The summed E-state index contributed by atoms with van der Waals surface area (Å²) < 4.78 is 5.58. The first-order valence-electron chi connectivity index (χ1n) is 11.5. The summed E-state index contributed by atoms with van der Waals surface area (Å²) in [6.07, 6.45) is 0.511. The molecule has 0 spiro atoms. The SMILES string of the molecule is O=C(O)Cc1csc(CNC(=O)C2CC(NC(=O)OCC3c4ccccc4-c4ccccc43)C2)n1. The number of hydrogen-bond acceptors (Lipinski definition) is 6. The fourth-order valence-electron chi connectivity index (χ4n) is 4.73. The molecule has 9 heteroatoms. The van der Waals surface area contributed by atoms with E-state index in [1.54, 1.807) is 5.38 Å². The predicted molar refractivity (Wildman–Crippen MR) is 130 cm³/mol. The number of thiazole rings is 1. The van der Waals surface area contributed by atoms with Gasteiger partial charge >= 0.3 is 12.1 Å². The van der Waals surface area contributed by atoms with Gasteiger partial charge in [-0.1, -0.05) is 48.5 Å². The minimum absolute atomic E-state index is 0.00921. The Morgan fingerprint density at radius 2 is 1.69 bits per heavy atom. The number of carboxylic acid groups (broad SMARTS) is 1. The molecule has 2 aromatic carbocycles. The summed E-state index contributed by atoms with van der Waals surface area (Å²) in [5.74, 6) is -1.19. The lowest BCUT2D eigenvalue weighted by Crippen LogP contribution is -2.49. The van der Waals surface area contributed by atoms with Crippen LogP contribution in [0.5, 0.6) is 0 Å². The van der Waals surface area contributed by atoms with Crippen molar-refractivity contribution in [3.05, 3.63) is 75.7 Å². The molecular formula is C26H25N3O5S. The molecule has 0 bridgehead atoms. The molecule has 0 radical (unpaired) electrons. The third-order valence-corrected chi connectivity index (χ3v) is 7.42. The van der Waals surface area contributed by atoms with Crippen LogP contribution in [-0.2, 0) is 27.3 Å². The number of nitrogens with zero attached hydrogens (tertiary/aromatic N) is 1. The Balaban J connectivity index is 1.06. The van der Waals surface area contributed by atoms with Crippen LogP contribution in [0, 0.1) is 5.92 Å². The van der Waals surface area contributed by atoms with Gasteiger partial charge in [0.1, 0.15) is 11.6 Å². The summed E-state index contributed by atoms with van der Waals surface area (Å²) in [5, 5.41) is 16.9. The molecule has 1 heterocycles. The van der Waals surface area contributed by atoms with Crippen LogP contribution in [0.25, 0.3) is 11.1 Å². The molecule has 0 aliphatic heterocycles. The number of rotatable bonds is 8. The van der Waals surface area contributed by atoms with E-state index >= 15 is 0 Å². The summed E-state index contributed by atoms with van der Waals surface area (Å²) in [6.45, 7) is 0.526. The molecule has 1 fully saturated rings. The monoisotopic (exact) mass is 491 g/mol. The van der Waals surface area contributed by atoms with E-state index < -0.39 is 12.1 Å². The van der Waals surface area contributed by atoms with Crippen molar-refractivity contribution in [2.45, 2.75) is 37.8 Å². The largest absolute Gasteiger partial charge is 0.481 e. The van der Waals surface area contributed by atoms with E-state index in [1.807, 2.05) is 24.3 Å². The fourth-order valence-corrected chi connectivity index (χ4v) is 5.46. The maximum atomic E-state index is 12.4. The van der Waals surface area contributed by atoms with Gasteiger partial charge in [0.2, 0.25) is 5.91 Å². The molecule has 35 heavy (non-hydrogen) atoms. The molecule has 5 rings (SSSR count). The number of ether oxygens (including phenoxy) is 1. The number of carboxylic acids is 1. The molecule has 180 valence electrons. The van der Waals surface area contributed by atoms with E-state index in [-0.39, 0.29) is 43.4 Å². The topological polar surface area (TPSA) is 118 Å². The first kappa shape index (κ1) is 23.0. The minimum Gasteiger partial charge on any atom is -0.481 e. The van der Waals surface area contributed by atoms with Gasteiger partial charge in [0.25, 0.3) is 0 Å². The fraction of sp³-hybridized carbons (Fsp3) is 0.308. The Morgan fingerprint density at radius 1 is 1.03 bits per heavy atom. The summed E-state index contributed by atoms with van der Waals surface area (Å²) in [5.41, 5.74) is 5.18. The van der Waals surface area contributed by atoms with Crippen LogP contribution in [0.2, 0.25) is 0 Å². The lowest BCUT2D eigenvalue weighted by Gasteiger charge is -2.34. The van der Waals surface area contributed by atoms with Crippen LogP contribution in [0.15, 0.2) is 53.9 Å². The zero-order valence-electron chi connectivity index (χ0n) is 18.9. The zero-order valence-corrected chi connectivity index (χ0v) is 19.7. The number of fused-ring (bicyclic) bond motifs is 3. The van der Waals surface area contributed by atoms with Crippen molar-refractivity contribution in [1.29, 1.82) is 0 Å². The Kier molecular flexibility index (Phi) is 6.50. The highest BCUT2D eigenvalue weighted by Crippen LogP contribution is 2.44. The Hall–Kier alpha value is -3.72. The van der Waals surface area contributed by atoms with E-state index in [0.29, 0.717) is 23.5 Å². The first-order chi connectivity index (χ1) is 17.0. The molecule has 8 nitrogen and oxygen atoms in total. The van der Waals surface area contributed by atoms with Crippen molar-refractivity contribution >= 4 is 29.3 Å². The lowest BCUT2D eigenvalue weighted by molar-refractivity contribution is -0.136. The average Bonchev–Trinajstić information content (AvgIpc) is 3.40. The molecule has 0 atom stereocenters. The van der Waals surface area contributed by atoms with Crippen LogP contribution < -0.4 is 10.6 Å². The maximum Gasteiger partial charge on any atom is 0.407 e.